The van der Waals surface area contributed by atoms with Crippen molar-refractivity contribution in [1.29, 1.82) is 0 Å². The minimum absolute atomic E-state index is 0.245. The Hall–Kier alpha value is -2.05. The molecule has 0 saturated heterocycles. The lowest BCUT2D eigenvalue weighted by Crippen LogP contribution is -2.49. The maximum atomic E-state index is 13.0. The van der Waals surface area contributed by atoms with Crippen molar-refractivity contribution in [3.05, 3.63) is 64.2 Å². The fraction of sp³-hybridized carbons (Fsp3) is 0.381. The van der Waals surface area contributed by atoms with E-state index in [1.54, 1.807) is 25.1 Å². The molecule has 28 heavy (non-hydrogen) atoms. The number of hydrogen-bond donors (Lipinski definition) is 1. The molecule has 2 aromatic rings. The first kappa shape index (κ1) is 22.2. The first-order valence-electron chi connectivity index (χ1n) is 9.17. The fourth-order valence-corrected chi connectivity index (χ4v) is 4.41. The van der Waals surface area contributed by atoms with Crippen molar-refractivity contribution in [2.24, 2.45) is 0 Å². The smallest absolute Gasteiger partial charge is 0.244 e. The van der Waals surface area contributed by atoms with Crippen LogP contribution in [0.25, 0.3) is 0 Å². The molecule has 152 valence electrons. The molecule has 2 aromatic carbocycles. The van der Waals surface area contributed by atoms with Gasteiger partial charge in [0.2, 0.25) is 15.9 Å². The van der Waals surface area contributed by atoms with E-state index in [1.165, 1.54) is 0 Å². The zero-order valence-electron chi connectivity index (χ0n) is 16.9. The molecule has 7 heteroatoms. The highest BCUT2D eigenvalue weighted by Gasteiger charge is 2.32. The summed E-state index contributed by atoms with van der Waals surface area (Å²) >= 11 is 6.19. The van der Waals surface area contributed by atoms with Crippen LogP contribution >= 0.6 is 11.6 Å². The number of aryl methyl sites for hydroxylation is 2. The number of carbonyl (C=O) groups excluding carboxylic acids is 1. The molecule has 0 aliphatic rings. The summed E-state index contributed by atoms with van der Waals surface area (Å²) in [7, 11) is -3.70. The van der Waals surface area contributed by atoms with Crippen LogP contribution in [0.15, 0.2) is 42.5 Å². The highest BCUT2D eigenvalue weighted by Crippen LogP contribution is 2.28. The molecule has 0 bridgehead atoms. The standard InChI is InChI=1S/C21H27ClN2O3S/c1-6-20(21(25)23-16(4)17-10-7-14(2)8-11-17)24(28(5,26)27)18-12-9-15(3)19(22)13-18/h7-13,16,20H,6H2,1-5H3,(H,23,25)/t16-,20+/m0/s1. The number of amides is 1. The summed E-state index contributed by atoms with van der Waals surface area (Å²) in [4.78, 5) is 13.0. The third kappa shape index (κ3) is 5.26. The maximum Gasteiger partial charge on any atom is 0.244 e. The van der Waals surface area contributed by atoms with E-state index in [2.05, 4.69) is 5.32 Å². The molecule has 5 nitrogen and oxygen atoms in total. The number of benzene rings is 2. The van der Waals surface area contributed by atoms with Gasteiger partial charge in [-0.05, 0) is 50.5 Å². The molecule has 2 atom stereocenters. The average molecular weight is 423 g/mol. The summed E-state index contributed by atoms with van der Waals surface area (Å²) in [6.07, 6.45) is 1.42. The molecule has 0 heterocycles. The molecule has 0 spiro atoms. The topological polar surface area (TPSA) is 66.5 Å². The maximum absolute atomic E-state index is 13.0. The Balaban J connectivity index is 2.33. The Morgan fingerprint density at radius 1 is 1.14 bits per heavy atom. The van der Waals surface area contributed by atoms with Crippen molar-refractivity contribution in [2.75, 3.05) is 10.6 Å². The Labute approximate surface area is 172 Å². The van der Waals surface area contributed by atoms with E-state index in [1.807, 2.05) is 45.0 Å². The van der Waals surface area contributed by atoms with Gasteiger partial charge in [0.15, 0.2) is 0 Å². The van der Waals surface area contributed by atoms with Crippen molar-refractivity contribution in [3.8, 4) is 0 Å². The van der Waals surface area contributed by atoms with E-state index in [0.717, 1.165) is 27.3 Å². The van der Waals surface area contributed by atoms with E-state index in [9.17, 15) is 13.2 Å². The van der Waals surface area contributed by atoms with Gasteiger partial charge in [-0.2, -0.15) is 0 Å². The minimum atomic E-state index is -3.70. The molecule has 1 N–H and O–H groups in total. The zero-order chi connectivity index (χ0) is 21.1. The highest BCUT2D eigenvalue weighted by molar-refractivity contribution is 7.92. The molecule has 0 saturated carbocycles. The SMILES string of the molecule is CC[C@H](C(=O)N[C@@H](C)c1ccc(C)cc1)N(c1ccc(C)c(Cl)c1)S(C)(=O)=O. The van der Waals surface area contributed by atoms with E-state index < -0.39 is 16.1 Å². The van der Waals surface area contributed by atoms with Crippen molar-refractivity contribution < 1.29 is 13.2 Å². The number of nitrogens with zero attached hydrogens (tertiary/aromatic N) is 1. The van der Waals surface area contributed by atoms with Crippen LogP contribution in [0.1, 0.15) is 43.0 Å². The highest BCUT2D eigenvalue weighted by atomic mass is 35.5. The van der Waals surface area contributed by atoms with Gasteiger partial charge in [0.05, 0.1) is 18.0 Å². The summed E-state index contributed by atoms with van der Waals surface area (Å²) in [5.74, 6) is -0.349. The largest absolute Gasteiger partial charge is 0.348 e. The van der Waals surface area contributed by atoms with Crippen LogP contribution in [0.3, 0.4) is 0 Å². The van der Waals surface area contributed by atoms with E-state index in [4.69, 9.17) is 11.6 Å². The lowest BCUT2D eigenvalue weighted by molar-refractivity contribution is -0.122. The van der Waals surface area contributed by atoms with E-state index in [-0.39, 0.29) is 11.9 Å². The molecule has 1 amide bonds. The first-order chi connectivity index (χ1) is 13.0. The van der Waals surface area contributed by atoms with Crippen LogP contribution < -0.4 is 9.62 Å². The summed E-state index contributed by atoms with van der Waals surface area (Å²) in [5, 5.41) is 3.39. The summed E-state index contributed by atoms with van der Waals surface area (Å²) < 4.78 is 26.2. The zero-order valence-corrected chi connectivity index (χ0v) is 18.4. The van der Waals surface area contributed by atoms with Gasteiger partial charge in [0.25, 0.3) is 0 Å². The monoisotopic (exact) mass is 422 g/mol. The van der Waals surface area contributed by atoms with Crippen LogP contribution in [0.5, 0.6) is 0 Å². The molecular weight excluding hydrogens is 396 g/mol. The predicted octanol–water partition coefficient (Wildman–Crippen LogP) is 4.38. The van der Waals surface area contributed by atoms with Gasteiger partial charge >= 0.3 is 0 Å². The minimum Gasteiger partial charge on any atom is -0.348 e. The molecule has 0 aliphatic heterocycles. The van der Waals surface area contributed by atoms with Crippen molar-refractivity contribution in [3.63, 3.8) is 0 Å². The van der Waals surface area contributed by atoms with Crippen LogP contribution in [0, 0.1) is 13.8 Å². The van der Waals surface area contributed by atoms with Gasteiger partial charge in [0, 0.05) is 5.02 Å². The number of rotatable bonds is 7. The van der Waals surface area contributed by atoms with Crippen LogP contribution in [0.4, 0.5) is 5.69 Å². The summed E-state index contributed by atoms with van der Waals surface area (Å²) in [5.41, 5.74) is 3.30. The Bertz CT molecular complexity index is 943. The average Bonchev–Trinajstić information content (AvgIpc) is 2.61. The molecule has 0 aromatic heterocycles. The number of carbonyl (C=O) groups is 1. The Morgan fingerprint density at radius 2 is 1.75 bits per heavy atom. The van der Waals surface area contributed by atoms with E-state index >= 15 is 0 Å². The van der Waals surface area contributed by atoms with Gasteiger partial charge in [0.1, 0.15) is 6.04 Å². The predicted molar refractivity (Wildman–Crippen MR) is 115 cm³/mol. The first-order valence-corrected chi connectivity index (χ1v) is 11.4. The van der Waals surface area contributed by atoms with Gasteiger partial charge < -0.3 is 5.32 Å². The number of hydrogen-bond acceptors (Lipinski definition) is 3. The second-order valence-corrected chi connectivity index (χ2v) is 9.32. The Morgan fingerprint density at radius 3 is 2.25 bits per heavy atom. The van der Waals surface area contributed by atoms with Crippen molar-refractivity contribution in [2.45, 2.75) is 46.2 Å². The van der Waals surface area contributed by atoms with Crippen molar-refractivity contribution >= 4 is 33.2 Å². The molecule has 0 unspecified atom stereocenters. The normalized spacial score (nSPS) is 13.6. The number of halogens is 1. The van der Waals surface area contributed by atoms with Crippen LogP contribution in [-0.4, -0.2) is 26.6 Å². The second-order valence-electron chi connectivity index (χ2n) is 7.06. The number of sulfonamides is 1. The third-order valence-electron chi connectivity index (χ3n) is 4.68. The van der Waals surface area contributed by atoms with E-state index in [0.29, 0.717) is 17.1 Å². The molecular formula is C21H27ClN2O3S. The summed E-state index contributed by atoms with van der Waals surface area (Å²) in [6.45, 7) is 7.50. The lowest BCUT2D eigenvalue weighted by Gasteiger charge is -2.31. The molecule has 0 radical (unpaired) electrons. The molecule has 0 fully saturated rings. The Kier molecular flexibility index (Phi) is 7.12. The van der Waals surface area contributed by atoms with Gasteiger partial charge in [-0.1, -0.05) is 54.4 Å². The lowest BCUT2D eigenvalue weighted by atomic mass is 10.1. The quantitative estimate of drug-likeness (QED) is 0.720. The third-order valence-corrected chi connectivity index (χ3v) is 6.26. The number of nitrogens with one attached hydrogen (secondary N) is 1. The second kappa shape index (κ2) is 8.97. The van der Waals surface area contributed by atoms with Crippen molar-refractivity contribution in [1.82, 2.24) is 5.32 Å². The van der Waals surface area contributed by atoms with Gasteiger partial charge in [-0.25, -0.2) is 8.42 Å². The summed E-state index contributed by atoms with van der Waals surface area (Å²) in [6, 6.07) is 11.7. The van der Waals surface area contributed by atoms with Gasteiger partial charge in [-0.3, -0.25) is 9.10 Å². The van der Waals surface area contributed by atoms with Gasteiger partial charge in [-0.15, -0.1) is 0 Å². The number of anilines is 1. The van der Waals surface area contributed by atoms with Crippen LogP contribution in [0.2, 0.25) is 5.02 Å². The molecule has 0 aliphatic carbocycles. The fourth-order valence-electron chi connectivity index (χ4n) is 3.03. The molecule has 2 rings (SSSR count). The van der Waals surface area contributed by atoms with Crippen LogP contribution in [-0.2, 0) is 14.8 Å².